The lowest BCUT2D eigenvalue weighted by molar-refractivity contribution is 0.414. The van der Waals surface area contributed by atoms with Gasteiger partial charge in [-0.25, -0.2) is 0 Å². The number of aryl methyl sites for hydroxylation is 4. The van der Waals surface area contributed by atoms with Crippen LogP contribution in [-0.2, 0) is 0 Å². The summed E-state index contributed by atoms with van der Waals surface area (Å²) in [6.45, 7) is 13.1. The maximum atomic E-state index is 6.20. The molecule has 0 radical (unpaired) electrons. The van der Waals surface area contributed by atoms with Gasteiger partial charge in [0.1, 0.15) is 5.75 Å². The van der Waals surface area contributed by atoms with Gasteiger partial charge in [-0.05, 0) is 183 Å². The fourth-order valence-electron chi connectivity index (χ4n) is 9.51. The maximum Gasteiger partial charge on any atom is 0.143 e. The molecule has 1 atom stereocenters. The molecule has 4 heteroatoms. The van der Waals surface area contributed by atoms with Gasteiger partial charge in [0, 0.05) is 45.5 Å². The Hall–Kier alpha value is -8.34. The number of rotatable bonds is 18. The summed E-state index contributed by atoms with van der Waals surface area (Å²) in [6, 6.07) is 76.9. The molecule has 1 unspecified atom stereocenters. The van der Waals surface area contributed by atoms with Crippen molar-refractivity contribution >= 4 is 75.5 Å². The van der Waals surface area contributed by atoms with E-state index in [2.05, 4.69) is 293 Å². The molecule has 0 aliphatic heterocycles. The Bertz CT molecular complexity index is 2960. The number of hydrogen-bond donors (Lipinski definition) is 0. The van der Waals surface area contributed by atoms with E-state index in [1.54, 1.807) is 7.11 Å². The molecule has 0 spiro atoms. The summed E-state index contributed by atoms with van der Waals surface area (Å²) in [5.41, 5.74) is 20.7. The molecule has 0 fully saturated rings. The molecule has 9 aromatic carbocycles. The van der Waals surface area contributed by atoms with Crippen LogP contribution in [0.3, 0.4) is 0 Å². The lowest BCUT2D eigenvalue weighted by Crippen LogP contribution is -2.12. The number of benzene rings is 9. The highest BCUT2D eigenvalue weighted by atomic mass is 16.5. The van der Waals surface area contributed by atoms with Gasteiger partial charge in [0.15, 0.2) is 0 Å². The molecule has 364 valence electrons. The summed E-state index contributed by atoms with van der Waals surface area (Å²) in [5, 5.41) is 0. The van der Waals surface area contributed by atoms with Crippen LogP contribution in [-0.4, -0.2) is 7.11 Å². The lowest BCUT2D eigenvalue weighted by Gasteiger charge is -2.28. The Morgan fingerprint density at radius 3 is 0.890 bits per heavy atom. The monoisotopic (exact) mass is 954 g/mol. The van der Waals surface area contributed by atoms with Crippen molar-refractivity contribution in [3.8, 4) is 5.75 Å². The minimum absolute atomic E-state index is 0.492. The second-order valence-corrected chi connectivity index (χ2v) is 19.2. The first-order valence-electron chi connectivity index (χ1n) is 25.8. The molecule has 0 aliphatic carbocycles. The summed E-state index contributed by atoms with van der Waals surface area (Å²) in [6.07, 6.45) is 12.1. The van der Waals surface area contributed by atoms with Crippen molar-refractivity contribution in [3.05, 3.63) is 262 Å². The molecule has 0 aliphatic rings. The number of hydrogen-bond acceptors (Lipinski definition) is 4. The van der Waals surface area contributed by atoms with E-state index < -0.39 is 0 Å². The molecule has 9 aromatic rings. The minimum Gasteiger partial charge on any atom is -0.495 e. The van der Waals surface area contributed by atoms with Crippen LogP contribution in [0.25, 0.3) is 24.3 Å². The van der Waals surface area contributed by atoms with Gasteiger partial charge in [0.05, 0.1) is 12.8 Å². The third kappa shape index (κ3) is 12.1. The fourth-order valence-corrected chi connectivity index (χ4v) is 9.51. The summed E-state index contributed by atoms with van der Waals surface area (Å²) < 4.78 is 6.20. The van der Waals surface area contributed by atoms with Gasteiger partial charge in [0.25, 0.3) is 0 Å². The van der Waals surface area contributed by atoms with Crippen LogP contribution in [0, 0.1) is 27.7 Å². The minimum atomic E-state index is 0.492. The summed E-state index contributed by atoms with van der Waals surface area (Å²) in [5.74, 6) is 1.35. The summed E-state index contributed by atoms with van der Waals surface area (Å²) in [7, 11) is 1.79. The van der Waals surface area contributed by atoms with Crippen molar-refractivity contribution in [3.63, 3.8) is 0 Å². The van der Waals surface area contributed by atoms with Gasteiger partial charge in [0.2, 0.25) is 0 Å². The molecular formula is C69H67N3O. The second-order valence-electron chi connectivity index (χ2n) is 19.2. The smallest absolute Gasteiger partial charge is 0.143 e. The van der Waals surface area contributed by atoms with E-state index in [1.165, 1.54) is 27.8 Å². The van der Waals surface area contributed by atoms with Crippen LogP contribution in [0.4, 0.5) is 51.2 Å². The van der Waals surface area contributed by atoms with Crippen molar-refractivity contribution < 1.29 is 4.74 Å². The molecule has 0 heterocycles. The van der Waals surface area contributed by atoms with Gasteiger partial charge in [-0.1, -0.05) is 170 Å². The summed E-state index contributed by atoms with van der Waals surface area (Å²) >= 11 is 0. The molecule has 4 nitrogen and oxygen atoms in total. The van der Waals surface area contributed by atoms with E-state index >= 15 is 0 Å². The van der Waals surface area contributed by atoms with E-state index in [1.807, 2.05) is 0 Å². The first kappa shape index (κ1) is 49.6. The van der Waals surface area contributed by atoms with Crippen LogP contribution >= 0.6 is 0 Å². The zero-order chi connectivity index (χ0) is 50.7. The van der Waals surface area contributed by atoms with E-state index in [-0.39, 0.29) is 0 Å². The Labute approximate surface area is 434 Å². The van der Waals surface area contributed by atoms with E-state index in [4.69, 9.17) is 4.74 Å². The van der Waals surface area contributed by atoms with Crippen LogP contribution in [0.2, 0.25) is 0 Å². The van der Waals surface area contributed by atoms with Gasteiger partial charge < -0.3 is 19.4 Å². The van der Waals surface area contributed by atoms with Crippen molar-refractivity contribution in [1.82, 2.24) is 0 Å². The second kappa shape index (κ2) is 23.3. The largest absolute Gasteiger partial charge is 0.495 e. The van der Waals surface area contributed by atoms with Crippen molar-refractivity contribution in [2.45, 2.75) is 66.7 Å². The van der Waals surface area contributed by atoms with Crippen LogP contribution in [0.1, 0.15) is 89.1 Å². The lowest BCUT2D eigenvalue weighted by atomic mass is 9.91. The average molecular weight is 954 g/mol. The summed E-state index contributed by atoms with van der Waals surface area (Å²) in [4.78, 5) is 6.93. The van der Waals surface area contributed by atoms with Crippen molar-refractivity contribution in [1.29, 1.82) is 0 Å². The highest BCUT2D eigenvalue weighted by Gasteiger charge is 2.20. The quantitative estimate of drug-likeness (QED) is 0.0798. The zero-order valence-corrected chi connectivity index (χ0v) is 43.5. The van der Waals surface area contributed by atoms with Gasteiger partial charge in [-0.2, -0.15) is 0 Å². The van der Waals surface area contributed by atoms with E-state index in [9.17, 15) is 0 Å². The molecule has 9 rings (SSSR count). The standard InChI is InChI=1S/C69H67N3O/c1-8-10-58(9-2)59-31-48-68(69(49-59)73-7)72(66-44-27-56(28-45-66)21-19-54-23-40-64(41-24-54)70(60-32-11-50(3)12-33-60)61-34-13-51(4)14-35-61)67-46-29-57(30-47-67)22-20-55-25-42-65(43-26-55)71(62-36-15-52(5)16-37-62)63-38-17-53(6)18-39-63/h11-49,58H,8-10H2,1-7H3/b21-19+,22-20+. The van der Waals surface area contributed by atoms with Crippen LogP contribution in [0.15, 0.2) is 212 Å². The highest BCUT2D eigenvalue weighted by molar-refractivity contribution is 5.84. The number of anilines is 9. The van der Waals surface area contributed by atoms with Crippen molar-refractivity contribution in [2.75, 3.05) is 21.8 Å². The SMILES string of the molecule is CCCC(CC)c1ccc(N(c2ccc(/C=C/c3ccc(N(c4ccc(C)cc4)c4ccc(C)cc4)cc3)cc2)c2ccc(/C=C/c3ccc(N(c4ccc(C)cc4)c4ccc(C)cc4)cc3)cc2)c(OC)c1. The predicted octanol–water partition coefficient (Wildman–Crippen LogP) is 20.0. The number of methoxy groups -OCH3 is 1. The van der Waals surface area contributed by atoms with Gasteiger partial charge in [-0.3, -0.25) is 0 Å². The first-order chi connectivity index (χ1) is 35.7. The Morgan fingerprint density at radius 1 is 0.356 bits per heavy atom. The van der Waals surface area contributed by atoms with Crippen LogP contribution in [0.5, 0.6) is 5.75 Å². The molecular weight excluding hydrogens is 887 g/mol. The third-order valence-corrected chi connectivity index (χ3v) is 13.8. The van der Waals surface area contributed by atoms with Crippen molar-refractivity contribution in [2.24, 2.45) is 0 Å². The topological polar surface area (TPSA) is 19.0 Å². The third-order valence-electron chi connectivity index (χ3n) is 13.8. The molecule has 0 amide bonds. The molecule has 0 aromatic heterocycles. The van der Waals surface area contributed by atoms with E-state index in [0.29, 0.717) is 5.92 Å². The van der Waals surface area contributed by atoms with E-state index in [0.717, 1.165) is 98.5 Å². The Balaban J connectivity index is 0.963. The first-order valence-corrected chi connectivity index (χ1v) is 25.8. The fraction of sp³-hybridized carbons (Fsp3) is 0.159. The molecule has 0 saturated carbocycles. The normalized spacial score (nSPS) is 11.8. The van der Waals surface area contributed by atoms with Gasteiger partial charge in [-0.15, -0.1) is 0 Å². The predicted molar refractivity (Wildman–Crippen MR) is 315 cm³/mol. The van der Waals surface area contributed by atoms with Gasteiger partial charge >= 0.3 is 0 Å². The molecule has 0 saturated heterocycles. The Kier molecular flexibility index (Phi) is 15.8. The zero-order valence-electron chi connectivity index (χ0n) is 43.5. The highest BCUT2D eigenvalue weighted by Crippen LogP contribution is 2.43. The number of ether oxygens (including phenoxy) is 1. The molecule has 0 bridgehead atoms. The molecule has 73 heavy (non-hydrogen) atoms. The molecule has 0 N–H and O–H groups in total. The van der Waals surface area contributed by atoms with Crippen LogP contribution < -0.4 is 19.4 Å². The average Bonchev–Trinajstić information content (AvgIpc) is 3.43. The maximum absolute atomic E-state index is 6.20. The number of nitrogens with zero attached hydrogens (tertiary/aromatic N) is 3. The Morgan fingerprint density at radius 2 is 0.630 bits per heavy atom.